The minimum absolute atomic E-state index is 0.0480. The number of nitrogens with one attached hydrogen (secondary N) is 1. The van der Waals surface area contributed by atoms with Gasteiger partial charge in [-0.15, -0.1) is 0 Å². The van der Waals surface area contributed by atoms with Crippen molar-refractivity contribution in [2.45, 2.75) is 31.2 Å². The molecule has 0 heterocycles. The Labute approximate surface area is 129 Å². The van der Waals surface area contributed by atoms with Gasteiger partial charge in [-0.1, -0.05) is 18.5 Å². The monoisotopic (exact) mass is 332 g/mol. The van der Waals surface area contributed by atoms with Gasteiger partial charge in [0.1, 0.15) is 4.90 Å². The molecule has 7 heteroatoms. The van der Waals surface area contributed by atoms with Crippen LogP contribution in [0, 0.1) is 11.3 Å². The zero-order chi connectivity index (χ0) is 15.2. The van der Waals surface area contributed by atoms with E-state index in [-0.39, 0.29) is 21.5 Å². The van der Waals surface area contributed by atoms with Gasteiger partial charge >= 0.3 is 0 Å². The molecule has 1 atom stereocenters. The molecule has 4 nitrogen and oxygen atoms in total. The molecule has 1 rings (SSSR count). The van der Waals surface area contributed by atoms with E-state index in [9.17, 15) is 8.42 Å². The van der Waals surface area contributed by atoms with Gasteiger partial charge in [0.2, 0.25) is 10.0 Å². The van der Waals surface area contributed by atoms with Gasteiger partial charge in [0.05, 0.1) is 16.7 Å². The van der Waals surface area contributed by atoms with Crippen LogP contribution in [0.3, 0.4) is 0 Å². The molecule has 1 N–H and O–H groups in total. The van der Waals surface area contributed by atoms with Crippen molar-refractivity contribution in [1.82, 2.24) is 4.72 Å². The molecule has 0 bridgehead atoms. The summed E-state index contributed by atoms with van der Waals surface area (Å²) in [5.74, 6) is 1.90. The van der Waals surface area contributed by atoms with Gasteiger partial charge in [0.25, 0.3) is 0 Å². The standard InChI is InChI=1S/C13H17ClN2O2S2/c1-3-19-7-6-10(2)16-20(17,18)13-8-11(9-15)4-5-12(13)14/h4-5,8,10,16H,3,6-7H2,1-2H3. The number of hydrogen-bond donors (Lipinski definition) is 1. The van der Waals surface area contributed by atoms with Crippen molar-refractivity contribution < 1.29 is 8.42 Å². The van der Waals surface area contributed by atoms with E-state index in [1.807, 2.05) is 13.0 Å². The van der Waals surface area contributed by atoms with Gasteiger partial charge in [-0.25, -0.2) is 13.1 Å². The maximum atomic E-state index is 12.3. The maximum Gasteiger partial charge on any atom is 0.242 e. The summed E-state index contributed by atoms with van der Waals surface area (Å²) in [5, 5.41) is 8.95. The van der Waals surface area contributed by atoms with E-state index in [2.05, 4.69) is 11.6 Å². The summed E-state index contributed by atoms with van der Waals surface area (Å²) >= 11 is 7.68. The van der Waals surface area contributed by atoms with E-state index in [1.54, 1.807) is 11.8 Å². The predicted octanol–water partition coefficient (Wildman–Crippen LogP) is 3.02. The van der Waals surface area contributed by atoms with E-state index in [4.69, 9.17) is 16.9 Å². The predicted molar refractivity (Wildman–Crippen MR) is 83.6 cm³/mol. The number of sulfonamides is 1. The van der Waals surface area contributed by atoms with Crippen LogP contribution in [-0.2, 0) is 10.0 Å². The fourth-order valence-electron chi connectivity index (χ4n) is 1.57. The minimum atomic E-state index is -3.70. The number of halogens is 1. The molecule has 1 aromatic carbocycles. The normalized spacial score (nSPS) is 12.9. The summed E-state index contributed by atoms with van der Waals surface area (Å²) < 4.78 is 27.1. The lowest BCUT2D eigenvalue weighted by atomic mass is 10.2. The average molecular weight is 333 g/mol. The van der Waals surface area contributed by atoms with Crippen LogP contribution in [-0.4, -0.2) is 26.0 Å². The molecular weight excluding hydrogens is 316 g/mol. The Balaban J connectivity index is 2.86. The Morgan fingerprint density at radius 3 is 2.80 bits per heavy atom. The molecule has 0 amide bonds. The summed E-state index contributed by atoms with van der Waals surface area (Å²) in [6, 6.07) is 5.93. The zero-order valence-corrected chi connectivity index (χ0v) is 13.8. The second-order valence-corrected chi connectivity index (χ2v) is 7.75. The highest BCUT2D eigenvalue weighted by atomic mass is 35.5. The third kappa shape index (κ3) is 4.98. The fraction of sp³-hybridized carbons (Fsp3) is 0.462. The highest BCUT2D eigenvalue weighted by Gasteiger charge is 2.20. The summed E-state index contributed by atoms with van der Waals surface area (Å²) in [5.41, 5.74) is 0.268. The Morgan fingerprint density at radius 2 is 2.20 bits per heavy atom. The number of nitrogens with zero attached hydrogens (tertiary/aromatic N) is 1. The van der Waals surface area contributed by atoms with Crippen LogP contribution < -0.4 is 4.72 Å². The van der Waals surface area contributed by atoms with Crippen LogP contribution >= 0.6 is 23.4 Å². The summed E-state index contributed by atoms with van der Waals surface area (Å²) in [6.07, 6.45) is 0.743. The van der Waals surface area contributed by atoms with Crippen LogP contribution in [0.5, 0.6) is 0 Å². The first kappa shape index (κ1) is 17.3. The first-order valence-corrected chi connectivity index (χ1v) is 9.22. The van der Waals surface area contributed by atoms with Crippen molar-refractivity contribution in [2.24, 2.45) is 0 Å². The Kier molecular flexibility index (Phi) is 6.83. The molecule has 0 aliphatic heterocycles. The van der Waals surface area contributed by atoms with Crippen LogP contribution in [0.15, 0.2) is 23.1 Å². The third-order valence-electron chi connectivity index (χ3n) is 2.61. The van der Waals surface area contributed by atoms with Gasteiger partial charge in [-0.3, -0.25) is 0 Å². The number of thioether (sulfide) groups is 1. The highest BCUT2D eigenvalue weighted by Crippen LogP contribution is 2.22. The molecule has 0 aromatic heterocycles. The molecule has 0 radical (unpaired) electrons. The fourth-order valence-corrected chi connectivity index (χ4v) is 4.18. The molecular formula is C13H17ClN2O2S2. The van der Waals surface area contributed by atoms with E-state index < -0.39 is 10.0 Å². The van der Waals surface area contributed by atoms with Crippen molar-refractivity contribution in [1.29, 1.82) is 5.26 Å². The topological polar surface area (TPSA) is 70.0 Å². The van der Waals surface area contributed by atoms with Crippen molar-refractivity contribution in [3.63, 3.8) is 0 Å². The van der Waals surface area contributed by atoms with Crippen LogP contribution in [0.25, 0.3) is 0 Å². The van der Waals surface area contributed by atoms with Gasteiger partial charge in [0.15, 0.2) is 0 Å². The van der Waals surface area contributed by atoms with Gasteiger partial charge in [0, 0.05) is 6.04 Å². The van der Waals surface area contributed by atoms with Crippen molar-refractivity contribution in [3.05, 3.63) is 28.8 Å². The lowest BCUT2D eigenvalue weighted by molar-refractivity contribution is 0.557. The van der Waals surface area contributed by atoms with Crippen LogP contribution in [0.2, 0.25) is 5.02 Å². The number of nitriles is 1. The molecule has 0 saturated carbocycles. The second kappa shape index (κ2) is 7.89. The number of benzene rings is 1. The SMILES string of the molecule is CCSCCC(C)NS(=O)(=O)c1cc(C#N)ccc1Cl. The number of rotatable bonds is 7. The Morgan fingerprint density at radius 1 is 1.50 bits per heavy atom. The summed E-state index contributed by atoms with van der Waals surface area (Å²) in [4.78, 5) is -0.0480. The molecule has 1 aromatic rings. The molecule has 0 saturated heterocycles. The van der Waals surface area contributed by atoms with Crippen molar-refractivity contribution in [3.8, 4) is 6.07 Å². The van der Waals surface area contributed by atoms with Gasteiger partial charge in [-0.05, 0) is 43.0 Å². The lowest BCUT2D eigenvalue weighted by Crippen LogP contribution is -2.33. The first-order valence-electron chi connectivity index (χ1n) is 6.20. The highest BCUT2D eigenvalue weighted by molar-refractivity contribution is 7.99. The second-order valence-electron chi connectivity index (χ2n) is 4.26. The summed E-state index contributed by atoms with van der Waals surface area (Å²) in [7, 11) is -3.70. The van der Waals surface area contributed by atoms with Crippen LogP contribution in [0.1, 0.15) is 25.8 Å². The summed E-state index contributed by atoms with van der Waals surface area (Å²) in [6.45, 7) is 3.88. The zero-order valence-electron chi connectivity index (χ0n) is 11.4. The molecule has 0 fully saturated rings. The van der Waals surface area contributed by atoms with Gasteiger partial charge in [-0.2, -0.15) is 17.0 Å². The third-order valence-corrected chi connectivity index (χ3v) is 5.61. The molecule has 0 aliphatic rings. The Bertz CT molecular complexity index is 597. The van der Waals surface area contributed by atoms with Crippen molar-refractivity contribution >= 4 is 33.4 Å². The quantitative estimate of drug-likeness (QED) is 0.779. The molecule has 110 valence electrons. The van der Waals surface area contributed by atoms with E-state index >= 15 is 0 Å². The molecule has 1 unspecified atom stereocenters. The van der Waals surface area contributed by atoms with E-state index in [1.165, 1.54) is 18.2 Å². The first-order chi connectivity index (χ1) is 9.40. The average Bonchev–Trinajstić information content (AvgIpc) is 2.38. The van der Waals surface area contributed by atoms with Crippen molar-refractivity contribution in [2.75, 3.05) is 11.5 Å². The van der Waals surface area contributed by atoms with E-state index in [0.29, 0.717) is 0 Å². The Hall–Kier alpha value is -0.740. The lowest BCUT2D eigenvalue weighted by Gasteiger charge is -2.14. The molecule has 0 aliphatic carbocycles. The molecule has 20 heavy (non-hydrogen) atoms. The van der Waals surface area contributed by atoms with E-state index in [0.717, 1.165) is 17.9 Å². The molecule has 0 spiro atoms. The largest absolute Gasteiger partial charge is 0.242 e. The maximum absolute atomic E-state index is 12.3. The van der Waals surface area contributed by atoms with Gasteiger partial charge < -0.3 is 0 Å². The minimum Gasteiger partial charge on any atom is -0.208 e. The van der Waals surface area contributed by atoms with Crippen LogP contribution in [0.4, 0.5) is 0 Å². The smallest absolute Gasteiger partial charge is 0.208 e. The number of hydrogen-bond acceptors (Lipinski definition) is 4.